The molecule has 0 unspecified atom stereocenters. The average Bonchev–Trinajstić information content (AvgIpc) is 2.93. The number of nitrogens with zero attached hydrogens (tertiary/aromatic N) is 3. The van der Waals surface area contributed by atoms with Gasteiger partial charge in [0, 0.05) is 24.5 Å². The number of nitrogens with two attached hydrogens (primary N) is 1. The number of aromatic nitrogens is 3. The maximum Gasteiger partial charge on any atom is 0.419 e. The largest absolute Gasteiger partial charge is 0.419 e. The molecule has 0 bridgehead atoms. The van der Waals surface area contributed by atoms with E-state index in [9.17, 15) is 13.2 Å². The van der Waals surface area contributed by atoms with Crippen LogP contribution in [-0.4, -0.2) is 14.8 Å². The summed E-state index contributed by atoms with van der Waals surface area (Å²) in [6, 6.07) is 2.69. The Morgan fingerprint density at radius 1 is 1.38 bits per heavy atom. The van der Waals surface area contributed by atoms with Crippen LogP contribution in [0.3, 0.4) is 0 Å². The summed E-state index contributed by atoms with van der Waals surface area (Å²) in [4.78, 5) is 3.63. The highest BCUT2D eigenvalue weighted by molar-refractivity contribution is 5.61. The number of alkyl halides is 3. The van der Waals surface area contributed by atoms with E-state index in [4.69, 9.17) is 5.73 Å². The van der Waals surface area contributed by atoms with Crippen molar-refractivity contribution in [2.45, 2.75) is 32.5 Å². The molecule has 21 heavy (non-hydrogen) atoms. The maximum atomic E-state index is 12.8. The van der Waals surface area contributed by atoms with Crippen molar-refractivity contribution in [3.8, 4) is 11.3 Å². The van der Waals surface area contributed by atoms with Crippen molar-refractivity contribution in [2.24, 2.45) is 5.41 Å². The number of nitrogen functional groups attached to an aromatic ring is 1. The highest BCUT2D eigenvalue weighted by Gasteiger charge is 2.38. The van der Waals surface area contributed by atoms with Gasteiger partial charge in [0.05, 0.1) is 11.3 Å². The molecule has 0 atom stereocenters. The smallest absolute Gasteiger partial charge is 0.383 e. The maximum absolute atomic E-state index is 12.8. The molecule has 112 valence electrons. The summed E-state index contributed by atoms with van der Waals surface area (Å²) in [5.74, 6) is -0.517. The van der Waals surface area contributed by atoms with E-state index in [1.807, 2.05) is 0 Å². The lowest BCUT2D eigenvalue weighted by molar-refractivity contribution is -0.137. The monoisotopic (exact) mass is 296 g/mol. The summed E-state index contributed by atoms with van der Waals surface area (Å²) < 4.78 is 40.3. The molecule has 3 rings (SSSR count). The third-order valence-electron chi connectivity index (χ3n) is 3.81. The second-order valence-electron chi connectivity index (χ2n) is 5.86. The molecule has 4 nitrogen and oxygen atoms in total. The molecule has 0 spiro atoms. The highest BCUT2D eigenvalue weighted by Crippen LogP contribution is 2.46. The van der Waals surface area contributed by atoms with Gasteiger partial charge in [-0.3, -0.25) is 4.68 Å². The van der Waals surface area contributed by atoms with Gasteiger partial charge in [0.2, 0.25) is 0 Å². The van der Waals surface area contributed by atoms with Crippen molar-refractivity contribution in [3.05, 3.63) is 30.1 Å². The van der Waals surface area contributed by atoms with Crippen molar-refractivity contribution < 1.29 is 13.2 Å². The van der Waals surface area contributed by atoms with Crippen molar-refractivity contribution in [1.82, 2.24) is 14.8 Å². The number of hydrogen-bond donors (Lipinski definition) is 1. The molecule has 7 heteroatoms. The summed E-state index contributed by atoms with van der Waals surface area (Å²) >= 11 is 0. The standard InChI is InChI=1S/C14H15F3N4/c1-13(3-4-13)8-21-5-2-11(20-21)9-6-10(14(15,16)17)12(18)19-7-9/h2,5-7H,3-4,8H2,1H3,(H2,18,19). The number of rotatable bonds is 3. The first-order chi connectivity index (χ1) is 9.77. The molecule has 1 aliphatic rings. The first-order valence-corrected chi connectivity index (χ1v) is 6.63. The Hall–Kier alpha value is -2.05. The van der Waals surface area contributed by atoms with Crippen molar-refractivity contribution in [1.29, 1.82) is 0 Å². The van der Waals surface area contributed by atoms with E-state index in [0.29, 0.717) is 11.3 Å². The predicted molar refractivity (Wildman–Crippen MR) is 72.2 cm³/mol. The van der Waals surface area contributed by atoms with E-state index in [1.54, 1.807) is 16.9 Å². The molecule has 0 aliphatic heterocycles. The second kappa shape index (κ2) is 4.47. The van der Waals surface area contributed by atoms with Crippen LogP contribution in [-0.2, 0) is 12.7 Å². The Morgan fingerprint density at radius 3 is 2.71 bits per heavy atom. The van der Waals surface area contributed by atoms with Crippen molar-refractivity contribution in [2.75, 3.05) is 5.73 Å². The van der Waals surface area contributed by atoms with E-state index in [-0.39, 0.29) is 5.41 Å². The third kappa shape index (κ3) is 2.86. The topological polar surface area (TPSA) is 56.7 Å². The van der Waals surface area contributed by atoms with E-state index < -0.39 is 17.6 Å². The molecule has 0 aromatic carbocycles. The molecule has 2 aromatic heterocycles. The van der Waals surface area contributed by atoms with Gasteiger partial charge >= 0.3 is 6.18 Å². The van der Waals surface area contributed by atoms with Crippen LogP contribution in [0.1, 0.15) is 25.3 Å². The Bertz CT molecular complexity index is 671. The van der Waals surface area contributed by atoms with Crippen LogP contribution >= 0.6 is 0 Å². The van der Waals surface area contributed by atoms with Gasteiger partial charge < -0.3 is 5.73 Å². The van der Waals surface area contributed by atoms with Crippen LogP contribution in [0.15, 0.2) is 24.5 Å². The molecule has 0 amide bonds. The van der Waals surface area contributed by atoms with E-state index in [1.165, 1.54) is 6.20 Å². The van der Waals surface area contributed by atoms with Gasteiger partial charge in [-0.25, -0.2) is 4.98 Å². The van der Waals surface area contributed by atoms with Gasteiger partial charge in [0.1, 0.15) is 5.82 Å². The van der Waals surface area contributed by atoms with Crippen LogP contribution in [0.25, 0.3) is 11.3 Å². The zero-order valence-corrected chi connectivity index (χ0v) is 11.5. The molecule has 1 saturated carbocycles. The highest BCUT2D eigenvalue weighted by atomic mass is 19.4. The minimum atomic E-state index is -4.52. The van der Waals surface area contributed by atoms with Crippen LogP contribution in [0, 0.1) is 5.41 Å². The predicted octanol–water partition coefficient (Wildman–Crippen LogP) is 3.35. The van der Waals surface area contributed by atoms with E-state index in [2.05, 4.69) is 17.0 Å². The fourth-order valence-electron chi connectivity index (χ4n) is 2.21. The second-order valence-corrected chi connectivity index (χ2v) is 5.86. The Labute approximate surface area is 119 Å². The van der Waals surface area contributed by atoms with Crippen LogP contribution in [0.5, 0.6) is 0 Å². The first kappa shape index (κ1) is 13.9. The van der Waals surface area contributed by atoms with Gasteiger partial charge in [-0.05, 0) is 30.4 Å². The molecule has 2 aromatic rings. The number of hydrogen-bond acceptors (Lipinski definition) is 3. The summed E-state index contributed by atoms with van der Waals surface area (Å²) in [6.07, 6.45) is 0.892. The quantitative estimate of drug-likeness (QED) is 0.945. The van der Waals surface area contributed by atoms with Crippen LogP contribution in [0.2, 0.25) is 0 Å². The van der Waals surface area contributed by atoms with Gasteiger partial charge in [-0.2, -0.15) is 18.3 Å². The van der Waals surface area contributed by atoms with Gasteiger partial charge in [0.15, 0.2) is 0 Å². The summed E-state index contributed by atoms with van der Waals surface area (Å²) in [7, 11) is 0. The fraction of sp³-hybridized carbons (Fsp3) is 0.429. The minimum Gasteiger partial charge on any atom is -0.383 e. The van der Waals surface area contributed by atoms with Crippen molar-refractivity contribution >= 4 is 5.82 Å². The fourth-order valence-corrected chi connectivity index (χ4v) is 2.21. The van der Waals surface area contributed by atoms with E-state index >= 15 is 0 Å². The molecular formula is C14H15F3N4. The Kier molecular flexibility index (Phi) is 2.96. The lowest BCUT2D eigenvalue weighted by Crippen LogP contribution is -2.11. The van der Waals surface area contributed by atoms with E-state index in [0.717, 1.165) is 25.5 Å². The number of anilines is 1. The van der Waals surface area contributed by atoms with Gasteiger partial charge in [-0.1, -0.05) is 6.92 Å². The van der Waals surface area contributed by atoms with Gasteiger partial charge in [-0.15, -0.1) is 0 Å². The average molecular weight is 296 g/mol. The molecular weight excluding hydrogens is 281 g/mol. The third-order valence-corrected chi connectivity index (χ3v) is 3.81. The Morgan fingerprint density at radius 2 is 2.10 bits per heavy atom. The number of halogens is 3. The zero-order valence-electron chi connectivity index (χ0n) is 11.5. The molecule has 2 N–H and O–H groups in total. The summed E-state index contributed by atoms with van der Waals surface area (Å²) in [5.41, 5.74) is 5.43. The summed E-state index contributed by atoms with van der Waals surface area (Å²) in [6.45, 7) is 2.95. The van der Waals surface area contributed by atoms with Crippen molar-refractivity contribution in [3.63, 3.8) is 0 Å². The normalized spacial score (nSPS) is 17.0. The molecule has 2 heterocycles. The van der Waals surface area contributed by atoms with Gasteiger partial charge in [0.25, 0.3) is 0 Å². The molecule has 0 saturated heterocycles. The Balaban J connectivity index is 1.90. The zero-order chi connectivity index (χ0) is 15.3. The van der Waals surface area contributed by atoms with Crippen LogP contribution in [0.4, 0.5) is 19.0 Å². The molecule has 1 aliphatic carbocycles. The lowest BCUT2D eigenvalue weighted by Gasteiger charge is -2.10. The molecule has 1 fully saturated rings. The minimum absolute atomic E-state index is 0.278. The van der Waals surface area contributed by atoms with Crippen LogP contribution < -0.4 is 5.73 Å². The first-order valence-electron chi connectivity index (χ1n) is 6.63. The number of pyridine rings is 1. The summed E-state index contributed by atoms with van der Waals surface area (Å²) in [5, 5.41) is 4.33. The SMILES string of the molecule is CC1(Cn2ccc(-c3cnc(N)c(C(F)(F)F)c3)n2)CC1. The molecule has 0 radical (unpaired) electrons. The lowest BCUT2D eigenvalue weighted by atomic mass is 10.1.